The zero-order chi connectivity index (χ0) is 19.3. The number of carbonyl (C=O) groups excluding carboxylic acids is 1. The third-order valence-electron chi connectivity index (χ3n) is 5.11. The second-order valence-electron chi connectivity index (χ2n) is 6.69. The number of phenolic OH excluding ortho intramolecular Hbond substituents is 1. The molecule has 0 saturated carbocycles. The van der Waals surface area contributed by atoms with Crippen molar-refractivity contribution in [2.45, 2.75) is 13.0 Å². The number of fused-ring (bicyclic) bond motifs is 2. The molecule has 7 nitrogen and oxygen atoms in total. The Morgan fingerprint density at radius 1 is 1.19 bits per heavy atom. The fourth-order valence-electron chi connectivity index (χ4n) is 3.60. The molecule has 1 amide bonds. The quantitative estimate of drug-likeness (QED) is 0.598. The monoisotopic (exact) mass is 370 g/mol. The van der Waals surface area contributed by atoms with E-state index < -0.39 is 5.91 Å². The molecule has 0 atom stereocenters. The number of imidazole rings is 1. The fraction of sp³-hybridized carbons (Fsp3) is 0.263. The molecule has 3 aromatic rings. The number of nitrogens with zero attached hydrogens (tertiary/aromatic N) is 2. The van der Waals surface area contributed by atoms with Crippen LogP contribution in [0.3, 0.4) is 0 Å². The van der Waals surface area contributed by atoms with Crippen LogP contribution in [0.1, 0.15) is 21.5 Å². The van der Waals surface area contributed by atoms with Crippen LogP contribution in [0.4, 0.5) is 10.1 Å². The van der Waals surface area contributed by atoms with Gasteiger partial charge < -0.3 is 15.7 Å². The summed E-state index contributed by atoms with van der Waals surface area (Å²) in [5.74, 6) is -0.907. The van der Waals surface area contributed by atoms with Crippen molar-refractivity contribution in [2.75, 3.05) is 11.9 Å². The number of aryl methyl sites for hydroxylation is 2. The van der Waals surface area contributed by atoms with Crippen LogP contribution in [-0.2, 0) is 27.1 Å². The highest BCUT2D eigenvalue weighted by Crippen LogP contribution is 2.30. The van der Waals surface area contributed by atoms with Crippen LogP contribution >= 0.6 is 0 Å². The smallest absolute Gasteiger partial charge is 0.328 e. The molecular weight excluding hydrogens is 351 g/mol. The number of rotatable bonds is 2. The van der Waals surface area contributed by atoms with Crippen LogP contribution in [0.2, 0.25) is 0 Å². The third-order valence-corrected chi connectivity index (χ3v) is 5.11. The normalized spacial score (nSPS) is 13.6. The van der Waals surface area contributed by atoms with E-state index in [1.54, 1.807) is 20.2 Å². The summed E-state index contributed by atoms with van der Waals surface area (Å²) in [6.07, 6.45) is 0.550. The molecule has 0 fully saturated rings. The highest BCUT2D eigenvalue weighted by Gasteiger charge is 2.22. The number of carbonyl (C=O) groups is 1. The first-order valence-electron chi connectivity index (χ1n) is 8.59. The predicted octanol–water partition coefficient (Wildman–Crippen LogP) is 1.62. The summed E-state index contributed by atoms with van der Waals surface area (Å²) in [6.45, 7) is 1.05. The Labute approximate surface area is 154 Å². The number of aromatic hydroxyl groups is 1. The van der Waals surface area contributed by atoms with E-state index >= 15 is 0 Å². The minimum absolute atomic E-state index is 0.144. The molecule has 2 heterocycles. The Morgan fingerprint density at radius 3 is 2.63 bits per heavy atom. The minimum atomic E-state index is -0.427. The number of aromatic nitrogens is 2. The third kappa shape index (κ3) is 2.69. The Hall–Kier alpha value is -3.13. The fourth-order valence-corrected chi connectivity index (χ4v) is 3.60. The first-order chi connectivity index (χ1) is 12.9. The summed E-state index contributed by atoms with van der Waals surface area (Å²) in [6, 6.07) is 5.74. The summed E-state index contributed by atoms with van der Waals surface area (Å²) >= 11 is 0. The van der Waals surface area contributed by atoms with Gasteiger partial charge in [0.2, 0.25) is 0 Å². The van der Waals surface area contributed by atoms with E-state index in [0.717, 1.165) is 0 Å². The van der Waals surface area contributed by atoms with E-state index in [4.69, 9.17) is 0 Å². The van der Waals surface area contributed by atoms with Crippen LogP contribution in [0, 0.1) is 5.82 Å². The Morgan fingerprint density at radius 2 is 1.89 bits per heavy atom. The van der Waals surface area contributed by atoms with Gasteiger partial charge in [0.25, 0.3) is 5.91 Å². The van der Waals surface area contributed by atoms with Crippen molar-refractivity contribution in [2.24, 2.45) is 14.1 Å². The standard InChI is InChI=1S/C19H19FN4O3/c1-23-15-7-14(17(25)8-16(15)24(2)19(23)27)22-18(26)11-3-4-13(20)12-9-21-6-5-10(11)12/h3-4,7-8,21,25H,5-6,9H2,1-2H3,(H,22,26). The van der Waals surface area contributed by atoms with Crippen molar-refractivity contribution >= 4 is 22.6 Å². The first kappa shape index (κ1) is 17.3. The van der Waals surface area contributed by atoms with Gasteiger partial charge in [0.15, 0.2) is 0 Å². The molecule has 140 valence electrons. The topological polar surface area (TPSA) is 88.3 Å². The number of anilines is 1. The molecule has 0 bridgehead atoms. The molecule has 0 saturated heterocycles. The van der Waals surface area contributed by atoms with Crippen molar-refractivity contribution < 1.29 is 14.3 Å². The number of nitrogens with one attached hydrogen (secondary N) is 2. The van der Waals surface area contributed by atoms with Gasteiger partial charge in [-0.1, -0.05) is 0 Å². The summed E-state index contributed by atoms with van der Waals surface area (Å²) < 4.78 is 16.9. The summed E-state index contributed by atoms with van der Waals surface area (Å²) in [7, 11) is 3.23. The average Bonchev–Trinajstić information content (AvgIpc) is 2.86. The van der Waals surface area contributed by atoms with E-state index in [1.807, 2.05) is 0 Å². The Bertz CT molecular complexity index is 1150. The molecule has 8 heteroatoms. The number of amides is 1. The summed E-state index contributed by atoms with van der Waals surface area (Å²) in [5.41, 5.74) is 2.67. The highest BCUT2D eigenvalue weighted by atomic mass is 19.1. The maximum Gasteiger partial charge on any atom is 0.328 e. The predicted molar refractivity (Wildman–Crippen MR) is 99.6 cm³/mol. The summed E-state index contributed by atoms with van der Waals surface area (Å²) in [5, 5.41) is 16.1. The van der Waals surface area contributed by atoms with Crippen LogP contribution in [-0.4, -0.2) is 26.7 Å². The zero-order valence-corrected chi connectivity index (χ0v) is 15.0. The van der Waals surface area contributed by atoms with Crippen LogP contribution in [0.25, 0.3) is 11.0 Å². The van der Waals surface area contributed by atoms with Crippen LogP contribution in [0.15, 0.2) is 29.1 Å². The van der Waals surface area contributed by atoms with E-state index in [2.05, 4.69) is 10.6 Å². The van der Waals surface area contributed by atoms with Crippen molar-refractivity contribution in [3.8, 4) is 5.75 Å². The van der Waals surface area contributed by atoms with Crippen LogP contribution in [0.5, 0.6) is 5.75 Å². The molecule has 0 unspecified atom stereocenters. The maximum absolute atomic E-state index is 14.0. The SMILES string of the molecule is Cn1c(=O)n(C)c2cc(NC(=O)c3ccc(F)c4c3CCNC4)c(O)cc21. The molecule has 1 aromatic heterocycles. The number of benzene rings is 2. The van der Waals surface area contributed by atoms with E-state index in [9.17, 15) is 19.1 Å². The molecule has 1 aliphatic rings. The molecule has 3 N–H and O–H groups in total. The van der Waals surface area contributed by atoms with Gasteiger partial charge in [0.05, 0.1) is 16.7 Å². The van der Waals surface area contributed by atoms with Crippen molar-refractivity contribution in [3.05, 3.63) is 57.3 Å². The molecular formula is C19H19FN4O3. The number of phenols is 1. The van der Waals surface area contributed by atoms with Gasteiger partial charge in [0, 0.05) is 37.8 Å². The first-order valence-corrected chi connectivity index (χ1v) is 8.59. The van der Waals surface area contributed by atoms with Gasteiger partial charge in [-0.25, -0.2) is 9.18 Å². The largest absolute Gasteiger partial charge is 0.506 e. The molecule has 0 spiro atoms. The van der Waals surface area contributed by atoms with Gasteiger partial charge in [-0.2, -0.15) is 0 Å². The lowest BCUT2D eigenvalue weighted by atomic mass is 9.94. The van der Waals surface area contributed by atoms with Gasteiger partial charge in [-0.3, -0.25) is 13.9 Å². The second kappa shape index (κ2) is 6.24. The van der Waals surface area contributed by atoms with Crippen molar-refractivity contribution in [1.29, 1.82) is 0 Å². The second-order valence-corrected chi connectivity index (χ2v) is 6.69. The number of halogens is 1. The van der Waals surface area contributed by atoms with Crippen molar-refractivity contribution in [1.82, 2.24) is 14.5 Å². The van der Waals surface area contributed by atoms with E-state index in [-0.39, 0.29) is 22.9 Å². The molecule has 0 aliphatic carbocycles. The van der Waals surface area contributed by atoms with Crippen molar-refractivity contribution in [3.63, 3.8) is 0 Å². The summed E-state index contributed by atoms with van der Waals surface area (Å²) in [4.78, 5) is 24.9. The zero-order valence-electron chi connectivity index (χ0n) is 15.0. The Kier molecular flexibility index (Phi) is 4.00. The molecule has 0 radical (unpaired) electrons. The lowest BCUT2D eigenvalue weighted by molar-refractivity contribution is 0.102. The lowest BCUT2D eigenvalue weighted by Gasteiger charge is -2.20. The van der Waals surface area contributed by atoms with Gasteiger partial charge in [-0.05, 0) is 36.7 Å². The average molecular weight is 370 g/mol. The van der Waals surface area contributed by atoms with Gasteiger partial charge in [0.1, 0.15) is 11.6 Å². The van der Waals surface area contributed by atoms with Gasteiger partial charge >= 0.3 is 5.69 Å². The Balaban J connectivity index is 1.75. The number of hydrogen-bond acceptors (Lipinski definition) is 4. The molecule has 4 rings (SSSR count). The molecule has 27 heavy (non-hydrogen) atoms. The lowest BCUT2D eigenvalue weighted by Crippen LogP contribution is -2.27. The molecule has 1 aliphatic heterocycles. The molecule has 2 aromatic carbocycles. The minimum Gasteiger partial charge on any atom is -0.506 e. The van der Waals surface area contributed by atoms with E-state index in [1.165, 1.54) is 27.3 Å². The van der Waals surface area contributed by atoms with E-state index in [0.29, 0.717) is 47.2 Å². The number of hydrogen-bond donors (Lipinski definition) is 3. The van der Waals surface area contributed by atoms with Gasteiger partial charge in [-0.15, -0.1) is 0 Å². The highest BCUT2D eigenvalue weighted by molar-refractivity contribution is 6.07. The maximum atomic E-state index is 14.0. The van der Waals surface area contributed by atoms with Crippen LogP contribution < -0.4 is 16.3 Å².